The van der Waals surface area contributed by atoms with Crippen molar-refractivity contribution in [3.63, 3.8) is 0 Å². The molecule has 0 aliphatic carbocycles. The van der Waals surface area contributed by atoms with E-state index < -0.39 is 5.97 Å². The van der Waals surface area contributed by atoms with Gasteiger partial charge in [0.05, 0.1) is 12.2 Å². The molecule has 26 heavy (non-hydrogen) atoms. The Bertz CT molecular complexity index is 1050. The first-order valence-electron chi connectivity index (χ1n) is 8.07. The molecule has 0 unspecified atom stereocenters. The van der Waals surface area contributed by atoms with Gasteiger partial charge < -0.3 is 9.67 Å². The number of carboxylic acids is 1. The van der Waals surface area contributed by atoms with Gasteiger partial charge >= 0.3 is 5.97 Å². The number of aromatic carboxylic acids is 1. The topological polar surface area (TPSA) is 72.9 Å². The predicted octanol–water partition coefficient (Wildman–Crippen LogP) is 3.85. The van der Waals surface area contributed by atoms with Crippen LogP contribution in [0.1, 0.15) is 20.9 Å². The standard InChI is InChI=1S/C19H16N4O2S/c1-13-17(19(24)25)26-18(20-13)16-8-11-23(21-16)12-14-4-6-15(7-5-14)22-9-2-3-10-22/h2-11H,12H2,1H3,(H,24,25). The average Bonchev–Trinajstić information content (AvgIpc) is 3.35. The van der Waals surface area contributed by atoms with Gasteiger partial charge in [-0.1, -0.05) is 12.1 Å². The van der Waals surface area contributed by atoms with Gasteiger partial charge in [-0.3, -0.25) is 4.68 Å². The van der Waals surface area contributed by atoms with Crippen LogP contribution in [-0.4, -0.2) is 30.4 Å². The van der Waals surface area contributed by atoms with Crippen LogP contribution in [0.2, 0.25) is 0 Å². The summed E-state index contributed by atoms with van der Waals surface area (Å²) in [5.74, 6) is -0.950. The van der Waals surface area contributed by atoms with E-state index in [9.17, 15) is 4.79 Å². The Morgan fingerprint density at radius 1 is 1.12 bits per heavy atom. The van der Waals surface area contributed by atoms with Crippen LogP contribution in [-0.2, 0) is 6.54 Å². The van der Waals surface area contributed by atoms with E-state index in [1.807, 2.05) is 41.5 Å². The van der Waals surface area contributed by atoms with Crippen molar-refractivity contribution < 1.29 is 9.90 Å². The number of rotatable bonds is 5. The lowest BCUT2D eigenvalue weighted by atomic mass is 10.2. The Labute approximate surface area is 154 Å². The van der Waals surface area contributed by atoms with Gasteiger partial charge in [-0.2, -0.15) is 5.10 Å². The van der Waals surface area contributed by atoms with Crippen LogP contribution in [0, 0.1) is 6.92 Å². The fraction of sp³-hybridized carbons (Fsp3) is 0.105. The number of hydrogen-bond acceptors (Lipinski definition) is 4. The molecule has 4 rings (SSSR count). The molecule has 0 amide bonds. The number of carbonyl (C=O) groups is 1. The van der Waals surface area contributed by atoms with Gasteiger partial charge in [-0.25, -0.2) is 9.78 Å². The van der Waals surface area contributed by atoms with Crippen molar-refractivity contribution in [1.82, 2.24) is 19.3 Å². The van der Waals surface area contributed by atoms with E-state index in [4.69, 9.17) is 5.11 Å². The van der Waals surface area contributed by atoms with Crippen molar-refractivity contribution in [1.29, 1.82) is 0 Å². The SMILES string of the molecule is Cc1nc(-c2ccn(Cc3ccc(-n4cccc4)cc3)n2)sc1C(=O)O. The van der Waals surface area contributed by atoms with Gasteiger partial charge in [-0.15, -0.1) is 11.3 Å². The van der Waals surface area contributed by atoms with Gasteiger partial charge in [0.2, 0.25) is 0 Å². The zero-order valence-corrected chi connectivity index (χ0v) is 14.8. The normalized spacial score (nSPS) is 11.0. The summed E-state index contributed by atoms with van der Waals surface area (Å²) in [5.41, 5.74) is 3.46. The third-order valence-electron chi connectivity index (χ3n) is 4.03. The van der Waals surface area contributed by atoms with Crippen LogP contribution in [0.5, 0.6) is 0 Å². The number of aromatic nitrogens is 4. The fourth-order valence-electron chi connectivity index (χ4n) is 2.74. The minimum Gasteiger partial charge on any atom is -0.477 e. The summed E-state index contributed by atoms with van der Waals surface area (Å²) < 4.78 is 3.89. The Morgan fingerprint density at radius 3 is 2.50 bits per heavy atom. The number of carboxylic acid groups (broad SMARTS) is 1. The van der Waals surface area contributed by atoms with Crippen molar-refractivity contribution in [3.05, 3.63) is 77.2 Å². The molecule has 0 saturated carbocycles. The number of hydrogen-bond donors (Lipinski definition) is 1. The molecular formula is C19H16N4O2S. The summed E-state index contributed by atoms with van der Waals surface area (Å²) >= 11 is 1.15. The molecule has 0 radical (unpaired) electrons. The van der Waals surface area contributed by atoms with Crippen LogP contribution in [0.15, 0.2) is 61.1 Å². The molecule has 3 heterocycles. The summed E-state index contributed by atoms with van der Waals surface area (Å²) in [6.45, 7) is 2.34. The quantitative estimate of drug-likeness (QED) is 0.584. The highest BCUT2D eigenvalue weighted by Gasteiger charge is 2.16. The average molecular weight is 364 g/mol. The zero-order valence-electron chi connectivity index (χ0n) is 14.0. The van der Waals surface area contributed by atoms with Crippen LogP contribution in [0.25, 0.3) is 16.4 Å². The van der Waals surface area contributed by atoms with Crippen molar-refractivity contribution in [3.8, 4) is 16.4 Å². The third kappa shape index (κ3) is 3.16. The van der Waals surface area contributed by atoms with Gasteiger partial charge in [0.1, 0.15) is 15.6 Å². The van der Waals surface area contributed by atoms with Crippen LogP contribution >= 0.6 is 11.3 Å². The maximum atomic E-state index is 11.2. The lowest BCUT2D eigenvalue weighted by Gasteiger charge is -2.05. The molecule has 0 aliphatic heterocycles. The summed E-state index contributed by atoms with van der Waals surface area (Å²) in [6, 6.07) is 14.1. The van der Waals surface area contributed by atoms with E-state index >= 15 is 0 Å². The van der Waals surface area contributed by atoms with Crippen molar-refractivity contribution in [2.24, 2.45) is 0 Å². The number of thiazole rings is 1. The first-order chi connectivity index (χ1) is 12.6. The highest BCUT2D eigenvalue weighted by atomic mass is 32.1. The van der Waals surface area contributed by atoms with Gasteiger partial charge in [0, 0.05) is 24.3 Å². The second-order valence-electron chi connectivity index (χ2n) is 5.89. The second-order valence-corrected chi connectivity index (χ2v) is 6.89. The van der Waals surface area contributed by atoms with E-state index in [1.165, 1.54) is 0 Å². The van der Waals surface area contributed by atoms with E-state index in [1.54, 1.807) is 6.92 Å². The summed E-state index contributed by atoms with van der Waals surface area (Å²) in [6.07, 6.45) is 5.90. The molecule has 130 valence electrons. The minimum absolute atomic E-state index is 0.259. The van der Waals surface area contributed by atoms with E-state index in [0.717, 1.165) is 22.6 Å². The molecular weight excluding hydrogens is 348 g/mol. The van der Waals surface area contributed by atoms with Crippen LogP contribution in [0.4, 0.5) is 0 Å². The van der Waals surface area contributed by atoms with Crippen molar-refractivity contribution >= 4 is 17.3 Å². The lowest BCUT2D eigenvalue weighted by molar-refractivity contribution is 0.0701. The highest BCUT2D eigenvalue weighted by molar-refractivity contribution is 7.17. The van der Waals surface area contributed by atoms with Crippen LogP contribution in [0.3, 0.4) is 0 Å². The molecule has 0 aliphatic rings. The number of benzene rings is 1. The Morgan fingerprint density at radius 2 is 1.85 bits per heavy atom. The van der Waals surface area contributed by atoms with E-state index in [2.05, 4.69) is 38.9 Å². The lowest BCUT2D eigenvalue weighted by Crippen LogP contribution is -2.00. The molecule has 3 aromatic heterocycles. The maximum absolute atomic E-state index is 11.2. The molecule has 0 spiro atoms. The fourth-order valence-corrected chi connectivity index (χ4v) is 3.61. The molecule has 1 N–H and O–H groups in total. The molecule has 4 aromatic rings. The first-order valence-corrected chi connectivity index (χ1v) is 8.88. The zero-order chi connectivity index (χ0) is 18.1. The van der Waals surface area contributed by atoms with Crippen molar-refractivity contribution in [2.75, 3.05) is 0 Å². The molecule has 0 saturated heterocycles. The molecule has 0 atom stereocenters. The van der Waals surface area contributed by atoms with Crippen molar-refractivity contribution in [2.45, 2.75) is 13.5 Å². The monoisotopic (exact) mass is 364 g/mol. The first kappa shape index (κ1) is 16.3. The predicted molar refractivity (Wildman–Crippen MR) is 99.9 cm³/mol. The Hall–Kier alpha value is -3.19. The molecule has 0 fully saturated rings. The largest absolute Gasteiger partial charge is 0.477 e. The smallest absolute Gasteiger partial charge is 0.347 e. The number of aryl methyl sites for hydroxylation is 1. The molecule has 0 bridgehead atoms. The Balaban J connectivity index is 1.52. The van der Waals surface area contributed by atoms with E-state index in [0.29, 0.717) is 22.9 Å². The molecule has 6 nitrogen and oxygen atoms in total. The highest BCUT2D eigenvalue weighted by Crippen LogP contribution is 2.26. The molecule has 7 heteroatoms. The Kier molecular flexibility index (Phi) is 4.14. The van der Waals surface area contributed by atoms with Crippen LogP contribution < -0.4 is 0 Å². The van der Waals surface area contributed by atoms with Gasteiger partial charge in [-0.05, 0) is 42.8 Å². The third-order valence-corrected chi connectivity index (χ3v) is 5.20. The molecule has 1 aromatic carbocycles. The second kappa shape index (κ2) is 6.61. The van der Waals surface area contributed by atoms with E-state index in [-0.39, 0.29) is 4.88 Å². The summed E-state index contributed by atoms with van der Waals surface area (Å²) in [7, 11) is 0. The van der Waals surface area contributed by atoms with Gasteiger partial charge in [0.25, 0.3) is 0 Å². The number of nitrogens with zero attached hydrogens (tertiary/aromatic N) is 4. The minimum atomic E-state index is -0.950. The maximum Gasteiger partial charge on any atom is 0.347 e. The summed E-state index contributed by atoms with van der Waals surface area (Å²) in [4.78, 5) is 15.7. The summed E-state index contributed by atoms with van der Waals surface area (Å²) in [5, 5.41) is 14.3. The van der Waals surface area contributed by atoms with Gasteiger partial charge in [0.15, 0.2) is 0 Å².